The monoisotopic (exact) mass is 310 g/mol. The lowest BCUT2D eigenvalue weighted by Crippen LogP contribution is -2.35. The Balaban J connectivity index is 1.77. The molecule has 0 saturated carbocycles. The van der Waals surface area contributed by atoms with Gasteiger partial charge in [-0.25, -0.2) is 9.78 Å². The molecule has 23 heavy (non-hydrogen) atoms. The molecule has 5 heteroatoms. The zero-order valence-electron chi connectivity index (χ0n) is 12.8. The van der Waals surface area contributed by atoms with Crippen molar-refractivity contribution in [3.63, 3.8) is 0 Å². The van der Waals surface area contributed by atoms with Crippen LogP contribution in [0.25, 0.3) is 0 Å². The van der Waals surface area contributed by atoms with Crippen LogP contribution in [-0.4, -0.2) is 39.5 Å². The molecule has 118 valence electrons. The molecule has 1 aliphatic heterocycles. The van der Waals surface area contributed by atoms with Crippen molar-refractivity contribution in [3.8, 4) is 0 Å². The number of carbonyl (C=O) groups is 2. The first-order valence-electron chi connectivity index (χ1n) is 7.63. The summed E-state index contributed by atoms with van der Waals surface area (Å²) in [6, 6.07) is 13.2. The summed E-state index contributed by atoms with van der Waals surface area (Å²) in [6.07, 6.45) is 2.27. The van der Waals surface area contributed by atoms with E-state index in [2.05, 4.69) is 24.0 Å². The maximum absolute atomic E-state index is 12.7. The third-order valence-electron chi connectivity index (χ3n) is 4.47. The second-order valence-electron chi connectivity index (χ2n) is 5.78. The molecule has 1 aromatic heterocycles. The molecule has 2 aromatic rings. The number of carbonyl (C=O) groups excluding carboxylic acids is 1. The van der Waals surface area contributed by atoms with Crippen LogP contribution in [0.5, 0.6) is 0 Å². The van der Waals surface area contributed by atoms with E-state index in [1.54, 1.807) is 0 Å². The van der Waals surface area contributed by atoms with E-state index < -0.39 is 5.97 Å². The van der Waals surface area contributed by atoms with Gasteiger partial charge in [0, 0.05) is 24.7 Å². The Labute approximate surface area is 134 Å². The minimum atomic E-state index is -1.09. The van der Waals surface area contributed by atoms with E-state index >= 15 is 0 Å². The number of benzene rings is 1. The Morgan fingerprint density at radius 1 is 1.17 bits per heavy atom. The average molecular weight is 310 g/mol. The first kappa shape index (κ1) is 15.2. The van der Waals surface area contributed by atoms with Crippen LogP contribution < -0.4 is 0 Å². The molecule has 2 atom stereocenters. The molecule has 1 N–H and O–H groups in total. The molecular weight excluding hydrogens is 292 g/mol. The van der Waals surface area contributed by atoms with E-state index in [-0.39, 0.29) is 17.6 Å². The van der Waals surface area contributed by atoms with Crippen molar-refractivity contribution in [2.45, 2.75) is 25.3 Å². The van der Waals surface area contributed by atoms with Crippen LogP contribution in [0.3, 0.4) is 0 Å². The third kappa shape index (κ3) is 2.95. The molecule has 2 heterocycles. The number of pyridine rings is 1. The lowest BCUT2D eigenvalue weighted by Gasteiger charge is -2.25. The molecule has 1 aromatic carbocycles. The standard InChI is InChI=1S/C18H18N2O3/c1-12-15(13-5-3-2-4-6-13)9-10-20(12)17(21)14-7-8-16(18(22)23)19-11-14/h2-8,11-12,15H,9-10H2,1H3,(H,22,23)/t12-,15+/m1/s1. The average Bonchev–Trinajstić information content (AvgIpc) is 2.96. The van der Waals surface area contributed by atoms with Gasteiger partial charge in [0.1, 0.15) is 5.69 Å². The highest BCUT2D eigenvalue weighted by Gasteiger charge is 2.35. The van der Waals surface area contributed by atoms with Crippen molar-refractivity contribution in [3.05, 3.63) is 65.5 Å². The summed E-state index contributed by atoms with van der Waals surface area (Å²) in [7, 11) is 0. The van der Waals surface area contributed by atoms with Crippen molar-refractivity contribution in [2.75, 3.05) is 6.54 Å². The lowest BCUT2D eigenvalue weighted by atomic mass is 9.93. The molecule has 0 spiro atoms. The number of likely N-dealkylation sites (tertiary alicyclic amines) is 1. The van der Waals surface area contributed by atoms with Gasteiger partial charge in [0.05, 0.1) is 5.56 Å². The first-order chi connectivity index (χ1) is 11.1. The summed E-state index contributed by atoms with van der Waals surface area (Å²) >= 11 is 0. The molecule has 1 aliphatic rings. The largest absolute Gasteiger partial charge is 0.477 e. The van der Waals surface area contributed by atoms with Gasteiger partial charge in [0.15, 0.2) is 0 Å². The Bertz CT molecular complexity index is 713. The topological polar surface area (TPSA) is 70.5 Å². The second kappa shape index (κ2) is 6.20. The smallest absolute Gasteiger partial charge is 0.354 e. The van der Waals surface area contributed by atoms with E-state index in [9.17, 15) is 9.59 Å². The fourth-order valence-electron chi connectivity index (χ4n) is 3.18. The van der Waals surface area contributed by atoms with E-state index in [1.165, 1.54) is 23.9 Å². The fourth-order valence-corrected chi connectivity index (χ4v) is 3.18. The number of nitrogens with zero attached hydrogens (tertiary/aromatic N) is 2. The van der Waals surface area contributed by atoms with Gasteiger partial charge in [0.25, 0.3) is 5.91 Å². The number of carboxylic acid groups (broad SMARTS) is 1. The van der Waals surface area contributed by atoms with Crippen LogP contribution >= 0.6 is 0 Å². The van der Waals surface area contributed by atoms with Crippen molar-refractivity contribution in [1.82, 2.24) is 9.88 Å². The highest BCUT2D eigenvalue weighted by Crippen LogP contribution is 2.33. The maximum atomic E-state index is 12.7. The van der Waals surface area contributed by atoms with Crippen LogP contribution in [0.1, 0.15) is 45.7 Å². The van der Waals surface area contributed by atoms with Gasteiger partial charge in [-0.1, -0.05) is 30.3 Å². The Kier molecular flexibility index (Phi) is 4.10. The molecule has 1 saturated heterocycles. The van der Waals surface area contributed by atoms with Gasteiger partial charge >= 0.3 is 5.97 Å². The number of hydrogen-bond donors (Lipinski definition) is 1. The summed E-state index contributed by atoms with van der Waals surface area (Å²) in [4.78, 5) is 29.2. The maximum Gasteiger partial charge on any atom is 0.354 e. The van der Waals surface area contributed by atoms with Gasteiger partial charge in [-0.15, -0.1) is 0 Å². The van der Waals surface area contributed by atoms with Gasteiger partial charge in [-0.2, -0.15) is 0 Å². The number of aromatic carboxylic acids is 1. The van der Waals surface area contributed by atoms with E-state index in [1.807, 2.05) is 23.1 Å². The molecule has 0 radical (unpaired) electrons. The predicted molar refractivity (Wildman–Crippen MR) is 85.5 cm³/mol. The number of hydrogen-bond acceptors (Lipinski definition) is 3. The molecular formula is C18H18N2O3. The normalized spacial score (nSPS) is 20.5. The summed E-state index contributed by atoms with van der Waals surface area (Å²) in [5.74, 6) is -0.866. The zero-order valence-corrected chi connectivity index (χ0v) is 12.8. The Morgan fingerprint density at radius 2 is 1.91 bits per heavy atom. The molecule has 1 fully saturated rings. The van der Waals surface area contributed by atoms with Crippen LogP contribution in [0, 0.1) is 0 Å². The summed E-state index contributed by atoms with van der Waals surface area (Å²) < 4.78 is 0. The predicted octanol–water partition coefficient (Wildman–Crippen LogP) is 2.80. The van der Waals surface area contributed by atoms with E-state index in [4.69, 9.17) is 5.11 Å². The number of carboxylic acids is 1. The molecule has 3 rings (SSSR count). The van der Waals surface area contributed by atoms with Crippen LogP contribution in [0.15, 0.2) is 48.7 Å². The fraction of sp³-hybridized carbons (Fsp3) is 0.278. The minimum Gasteiger partial charge on any atom is -0.477 e. The molecule has 0 bridgehead atoms. The van der Waals surface area contributed by atoms with Gasteiger partial charge in [0.2, 0.25) is 0 Å². The molecule has 0 aliphatic carbocycles. The van der Waals surface area contributed by atoms with Gasteiger partial charge in [-0.05, 0) is 31.0 Å². The highest BCUT2D eigenvalue weighted by molar-refractivity contribution is 5.95. The van der Waals surface area contributed by atoms with Crippen molar-refractivity contribution in [2.24, 2.45) is 0 Å². The third-order valence-corrected chi connectivity index (χ3v) is 4.47. The molecule has 1 amide bonds. The highest BCUT2D eigenvalue weighted by atomic mass is 16.4. The van der Waals surface area contributed by atoms with Crippen LogP contribution in [0.2, 0.25) is 0 Å². The quantitative estimate of drug-likeness (QED) is 0.946. The summed E-state index contributed by atoms with van der Waals surface area (Å²) in [5, 5.41) is 8.87. The molecule has 5 nitrogen and oxygen atoms in total. The van der Waals surface area contributed by atoms with Gasteiger partial charge in [-0.3, -0.25) is 4.79 Å². The lowest BCUT2D eigenvalue weighted by molar-refractivity contribution is 0.0686. The SMILES string of the molecule is C[C@@H]1[C@@H](c2ccccc2)CCN1C(=O)c1ccc(C(=O)O)nc1. The Morgan fingerprint density at radius 3 is 2.52 bits per heavy atom. The van der Waals surface area contributed by atoms with E-state index in [0.717, 1.165) is 6.42 Å². The Hall–Kier alpha value is -2.69. The number of aromatic nitrogens is 1. The number of amides is 1. The second-order valence-corrected chi connectivity index (χ2v) is 5.78. The molecule has 0 unspecified atom stereocenters. The van der Waals surface area contributed by atoms with Crippen LogP contribution in [-0.2, 0) is 0 Å². The van der Waals surface area contributed by atoms with Crippen molar-refractivity contribution >= 4 is 11.9 Å². The van der Waals surface area contributed by atoms with Gasteiger partial charge < -0.3 is 10.0 Å². The first-order valence-corrected chi connectivity index (χ1v) is 7.63. The zero-order chi connectivity index (χ0) is 16.4. The van der Waals surface area contributed by atoms with E-state index in [0.29, 0.717) is 18.0 Å². The summed E-state index contributed by atoms with van der Waals surface area (Å²) in [5.41, 5.74) is 1.61. The van der Waals surface area contributed by atoms with Crippen LogP contribution in [0.4, 0.5) is 0 Å². The van der Waals surface area contributed by atoms with Crippen molar-refractivity contribution in [1.29, 1.82) is 0 Å². The summed E-state index contributed by atoms with van der Waals surface area (Å²) in [6.45, 7) is 2.75. The number of rotatable bonds is 3. The minimum absolute atomic E-state index is 0.0572. The van der Waals surface area contributed by atoms with Crippen molar-refractivity contribution < 1.29 is 14.7 Å².